The van der Waals surface area contributed by atoms with Crippen LogP contribution < -0.4 is 10.1 Å². The van der Waals surface area contributed by atoms with E-state index in [0.717, 1.165) is 18.2 Å². The van der Waals surface area contributed by atoms with E-state index in [1.54, 1.807) is 24.3 Å². The van der Waals surface area contributed by atoms with Gasteiger partial charge in [-0.15, -0.1) is 0 Å². The Kier molecular flexibility index (Phi) is 5.95. The number of carbonyl (C=O) groups is 1. The third kappa shape index (κ3) is 4.59. The van der Waals surface area contributed by atoms with Gasteiger partial charge in [0.15, 0.2) is 19.7 Å². The molecular formula is C19H20FNO6S2. The minimum atomic E-state index is -4.01. The maximum Gasteiger partial charge on any atom is 0.254 e. The standard InChI is InChI=1S/C19H20FNO6S2/c1-27-18-5-3-2-4-13(18)11-21-19(22)16-10-14(6-7-17(16)20)29(25,26)15-8-9-28(23,24)12-15/h2-7,10,15H,8-9,11-12H2,1H3,(H,21,22). The van der Waals surface area contributed by atoms with Crippen LogP contribution in [-0.2, 0) is 26.2 Å². The molecule has 29 heavy (non-hydrogen) atoms. The molecule has 1 aliphatic rings. The molecule has 0 aliphatic carbocycles. The average Bonchev–Trinajstić information content (AvgIpc) is 3.07. The summed E-state index contributed by atoms with van der Waals surface area (Å²) in [6, 6.07) is 9.87. The maximum absolute atomic E-state index is 14.2. The number of carbonyl (C=O) groups excluding carboxylic acids is 1. The zero-order valence-corrected chi connectivity index (χ0v) is 17.2. The number of para-hydroxylation sites is 1. The number of ether oxygens (including phenoxy) is 1. The molecule has 1 atom stereocenters. The normalized spacial score (nSPS) is 18.3. The van der Waals surface area contributed by atoms with Gasteiger partial charge in [0.1, 0.15) is 11.6 Å². The van der Waals surface area contributed by atoms with E-state index in [1.807, 2.05) is 0 Å². The number of rotatable bonds is 6. The molecule has 1 aliphatic heterocycles. The largest absolute Gasteiger partial charge is 0.496 e. The molecule has 10 heteroatoms. The van der Waals surface area contributed by atoms with Gasteiger partial charge in [-0.3, -0.25) is 4.79 Å². The number of amides is 1. The average molecular weight is 442 g/mol. The smallest absolute Gasteiger partial charge is 0.254 e. The SMILES string of the molecule is COc1ccccc1CNC(=O)c1cc(S(=O)(=O)C2CCS(=O)(=O)C2)ccc1F. The van der Waals surface area contributed by atoms with Gasteiger partial charge in [-0.05, 0) is 30.7 Å². The Balaban J connectivity index is 1.82. The molecule has 156 valence electrons. The zero-order chi connectivity index (χ0) is 21.2. The molecule has 2 aromatic rings. The Hall–Kier alpha value is -2.46. The molecule has 0 spiro atoms. The first-order valence-corrected chi connectivity index (χ1v) is 12.1. The quantitative estimate of drug-likeness (QED) is 0.684. The summed E-state index contributed by atoms with van der Waals surface area (Å²) in [6.07, 6.45) is -0.0165. The molecule has 7 nitrogen and oxygen atoms in total. The summed E-state index contributed by atoms with van der Waals surface area (Å²) in [7, 11) is -5.93. The summed E-state index contributed by atoms with van der Waals surface area (Å²) >= 11 is 0. The summed E-state index contributed by atoms with van der Waals surface area (Å²) < 4.78 is 68.1. The van der Waals surface area contributed by atoms with Gasteiger partial charge in [-0.25, -0.2) is 21.2 Å². The number of methoxy groups -OCH3 is 1. The van der Waals surface area contributed by atoms with Crippen LogP contribution in [0.25, 0.3) is 0 Å². The topological polar surface area (TPSA) is 107 Å². The summed E-state index contributed by atoms with van der Waals surface area (Å²) in [4.78, 5) is 12.2. The molecular weight excluding hydrogens is 421 g/mol. The monoisotopic (exact) mass is 441 g/mol. The Morgan fingerprint density at radius 2 is 1.97 bits per heavy atom. The van der Waals surface area contributed by atoms with Gasteiger partial charge in [-0.2, -0.15) is 0 Å². The summed E-state index contributed by atoms with van der Waals surface area (Å²) in [5.74, 6) is -1.79. The highest BCUT2D eigenvalue weighted by atomic mass is 32.2. The van der Waals surface area contributed by atoms with E-state index >= 15 is 0 Å². The first-order valence-electron chi connectivity index (χ1n) is 8.78. The van der Waals surface area contributed by atoms with Gasteiger partial charge in [0.2, 0.25) is 0 Å². The zero-order valence-electron chi connectivity index (χ0n) is 15.6. The van der Waals surface area contributed by atoms with Crippen LogP contribution in [0, 0.1) is 5.82 Å². The lowest BCUT2D eigenvalue weighted by Crippen LogP contribution is -2.26. The summed E-state index contributed by atoms with van der Waals surface area (Å²) in [5, 5.41) is 1.45. The number of benzene rings is 2. The fourth-order valence-electron chi connectivity index (χ4n) is 3.17. The van der Waals surface area contributed by atoms with Crippen LogP contribution in [0.3, 0.4) is 0 Å². The number of nitrogens with one attached hydrogen (secondary N) is 1. The lowest BCUT2D eigenvalue weighted by molar-refractivity contribution is 0.0946. The van der Waals surface area contributed by atoms with Crippen LogP contribution in [0.5, 0.6) is 5.75 Å². The van der Waals surface area contributed by atoms with Gasteiger partial charge in [0.05, 0.1) is 34.3 Å². The van der Waals surface area contributed by atoms with Gasteiger partial charge < -0.3 is 10.1 Å². The molecule has 1 heterocycles. The van der Waals surface area contributed by atoms with Crippen molar-refractivity contribution in [2.24, 2.45) is 0 Å². The highest BCUT2D eigenvalue weighted by Crippen LogP contribution is 2.27. The molecule has 1 fully saturated rings. The van der Waals surface area contributed by atoms with Crippen molar-refractivity contribution in [3.05, 3.63) is 59.4 Å². The van der Waals surface area contributed by atoms with Crippen LogP contribution in [0.15, 0.2) is 47.4 Å². The maximum atomic E-state index is 14.2. The van der Waals surface area contributed by atoms with Gasteiger partial charge >= 0.3 is 0 Å². The van der Waals surface area contributed by atoms with Crippen molar-refractivity contribution in [3.63, 3.8) is 0 Å². The first kappa shape index (κ1) is 21.3. The molecule has 1 saturated heterocycles. The minimum absolute atomic E-state index is 0.0165. The predicted octanol–water partition coefficient (Wildman–Crippen LogP) is 1.73. The molecule has 0 bridgehead atoms. The van der Waals surface area contributed by atoms with Gasteiger partial charge in [0.25, 0.3) is 5.91 Å². The second kappa shape index (κ2) is 8.11. The molecule has 2 aromatic carbocycles. The molecule has 1 N–H and O–H groups in total. The Labute approximate surface area is 168 Å². The van der Waals surface area contributed by atoms with Crippen LogP contribution in [0.1, 0.15) is 22.3 Å². The van der Waals surface area contributed by atoms with E-state index in [1.165, 1.54) is 7.11 Å². The van der Waals surface area contributed by atoms with Crippen LogP contribution in [0.4, 0.5) is 4.39 Å². The second-order valence-corrected chi connectivity index (χ2v) is 11.2. The third-order valence-corrected chi connectivity index (χ3v) is 8.94. The van der Waals surface area contributed by atoms with Crippen molar-refractivity contribution in [1.29, 1.82) is 0 Å². The minimum Gasteiger partial charge on any atom is -0.496 e. The van der Waals surface area contributed by atoms with E-state index in [0.29, 0.717) is 11.3 Å². The van der Waals surface area contributed by atoms with Crippen LogP contribution in [-0.4, -0.2) is 46.6 Å². The molecule has 0 radical (unpaired) electrons. The molecule has 0 aromatic heterocycles. The Morgan fingerprint density at radius 1 is 1.24 bits per heavy atom. The van der Waals surface area contributed by atoms with E-state index in [-0.39, 0.29) is 23.6 Å². The lowest BCUT2D eigenvalue weighted by atomic mass is 10.1. The number of hydrogen-bond donors (Lipinski definition) is 1. The van der Waals surface area contributed by atoms with Gasteiger partial charge in [-0.1, -0.05) is 18.2 Å². The first-order chi connectivity index (χ1) is 13.6. The van der Waals surface area contributed by atoms with Crippen molar-refractivity contribution in [2.45, 2.75) is 23.1 Å². The number of halogens is 1. The Morgan fingerprint density at radius 3 is 2.62 bits per heavy atom. The van der Waals surface area contributed by atoms with Crippen LogP contribution in [0.2, 0.25) is 0 Å². The predicted molar refractivity (Wildman–Crippen MR) is 105 cm³/mol. The molecule has 3 rings (SSSR count). The molecule has 1 unspecified atom stereocenters. The second-order valence-electron chi connectivity index (χ2n) is 6.71. The highest BCUT2D eigenvalue weighted by Gasteiger charge is 2.38. The summed E-state index contributed by atoms with van der Waals surface area (Å²) in [6.45, 7) is 0.0557. The van der Waals surface area contributed by atoms with E-state index < -0.39 is 48.0 Å². The fraction of sp³-hybridized carbons (Fsp3) is 0.316. The van der Waals surface area contributed by atoms with E-state index in [9.17, 15) is 26.0 Å². The number of sulfone groups is 2. The fourth-order valence-corrected chi connectivity index (χ4v) is 7.56. The molecule has 0 saturated carbocycles. The van der Waals surface area contributed by atoms with E-state index in [4.69, 9.17) is 4.74 Å². The third-order valence-electron chi connectivity index (χ3n) is 4.77. The van der Waals surface area contributed by atoms with Crippen molar-refractivity contribution in [1.82, 2.24) is 5.32 Å². The highest BCUT2D eigenvalue weighted by molar-refractivity contribution is 7.96. The van der Waals surface area contributed by atoms with Crippen molar-refractivity contribution in [3.8, 4) is 5.75 Å². The lowest BCUT2D eigenvalue weighted by Gasteiger charge is -2.13. The van der Waals surface area contributed by atoms with Crippen molar-refractivity contribution < 1.29 is 30.8 Å². The van der Waals surface area contributed by atoms with Gasteiger partial charge in [0, 0.05) is 12.1 Å². The summed E-state index contributed by atoms with van der Waals surface area (Å²) in [5.41, 5.74) is 0.241. The van der Waals surface area contributed by atoms with Crippen molar-refractivity contribution in [2.75, 3.05) is 18.6 Å². The van der Waals surface area contributed by atoms with Crippen molar-refractivity contribution >= 4 is 25.6 Å². The van der Waals surface area contributed by atoms with E-state index in [2.05, 4.69) is 5.32 Å². The number of hydrogen-bond acceptors (Lipinski definition) is 6. The Bertz CT molecular complexity index is 1150. The van der Waals surface area contributed by atoms with Crippen LogP contribution >= 0.6 is 0 Å². The molecule has 1 amide bonds.